The summed E-state index contributed by atoms with van der Waals surface area (Å²) >= 11 is 0. The molecule has 2 aliphatic heterocycles. The molecule has 0 aromatic heterocycles. The molecule has 2 heterocycles. The number of hydrogen-bond donors (Lipinski definition) is 1. The van der Waals surface area contributed by atoms with Crippen molar-refractivity contribution >= 4 is 15.7 Å². The fraction of sp³-hybridized carbons (Fsp3) is 0.600. The van der Waals surface area contributed by atoms with E-state index >= 15 is 0 Å². The van der Waals surface area contributed by atoms with Crippen LogP contribution >= 0.6 is 0 Å². The Morgan fingerprint density at radius 3 is 3.00 bits per heavy atom. The van der Waals surface area contributed by atoms with Crippen LogP contribution in [-0.2, 0) is 16.4 Å². The molecule has 1 fully saturated rings. The van der Waals surface area contributed by atoms with E-state index < -0.39 is 10.0 Å². The van der Waals surface area contributed by atoms with Crippen molar-refractivity contribution in [2.75, 3.05) is 25.0 Å². The van der Waals surface area contributed by atoms with Gasteiger partial charge in [-0.2, -0.15) is 4.31 Å². The van der Waals surface area contributed by atoms with Gasteiger partial charge in [-0.15, -0.1) is 0 Å². The fourth-order valence-electron chi connectivity index (χ4n) is 3.11. The summed E-state index contributed by atoms with van der Waals surface area (Å²) in [6.45, 7) is 4.44. The highest BCUT2D eigenvalue weighted by molar-refractivity contribution is 7.89. The minimum atomic E-state index is -3.31. The molecule has 1 N–H and O–H groups in total. The summed E-state index contributed by atoms with van der Waals surface area (Å²) in [4.78, 5) is 0.455. The predicted molar refractivity (Wildman–Crippen MR) is 80.4 cm³/mol. The largest absolute Gasteiger partial charge is 0.385 e. The average molecular weight is 294 g/mol. The second-order valence-corrected chi connectivity index (χ2v) is 7.71. The molecule has 1 saturated heterocycles. The lowest BCUT2D eigenvalue weighted by molar-refractivity contribution is 0.453. The lowest BCUT2D eigenvalue weighted by atomic mass is 10.0. The SMILES string of the molecule is CCC1CCN(S(=O)(=O)c2ccc3c(c2)CCCN3)C1. The molecule has 1 aromatic carbocycles. The molecule has 20 heavy (non-hydrogen) atoms. The van der Waals surface area contributed by atoms with Gasteiger partial charge in [-0.1, -0.05) is 13.3 Å². The Morgan fingerprint density at radius 2 is 2.25 bits per heavy atom. The Morgan fingerprint density at radius 1 is 1.40 bits per heavy atom. The topological polar surface area (TPSA) is 49.4 Å². The zero-order valence-electron chi connectivity index (χ0n) is 11.9. The Kier molecular flexibility index (Phi) is 3.73. The fourth-order valence-corrected chi connectivity index (χ4v) is 4.69. The van der Waals surface area contributed by atoms with Crippen LogP contribution in [0.25, 0.3) is 0 Å². The van der Waals surface area contributed by atoms with Crippen LogP contribution in [0.3, 0.4) is 0 Å². The van der Waals surface area contributed by atoms with Gasteiger partial charge in [0.15, 0.2) is 0 Å². The van der Waals surface area contributed by atoms with Gasteiger partial charge < -0.3 is 5.32 Å². The van der Waals surface area contributed by atoms with Gasteiger partial charge in [0, 0.05) is 25.3 Å². The normalized spacial score (nSPS) is 23.4. The molecule has 1 atom stereocenters. The van der Waals surface area contributed by atoms with E-state index in [1.807, 2.05) is 12.1 Å². The molecule has 4 nitrogen and oxygen atoms in total. The molecule has 110 valence electrons. The molecule has 2 aliphatic rings. The summed E-state index contributed by atoms with van der Waals surface area (Å²) in [5.41, 5.74) is 2.21. The van der Waals surface area contributed by atoms with Gasteiger partial charge in [0.2, 0.25) is 10.0 Å². The van der Waals surface area contributed by atoms with Crippen LogP contribution in [-0.4, -0.2) is 32.4 Å². The molecule has 1 aromatic rings. The number of aryl methyl sites for hydroxylation is 1. The van der Waals surface area contributed by atoms with E-state index in [9.17, 15) is 8.42 Å². The van der Waals surface area contributed by atoms with Crippen molar-refractivity contribution < 1.29 is 8.42 Å². The van der Waals surface area contributed by atoms with Crippen LogP contribution in [0.4, 0.5) is 5.69 Å². The second kappa shape index (κ2) is 5.37. The minimum absolute atomic E-state index is 0.455. The van der Waals surface area contributed by atoms with E-state index in [0.717, 1.165) is 43.5 Å². The summed E-state index contributed by atoms with van der Waals surface area (Å²) in [6, 6.07) is 5.51. The van der Waals surface area contributed by atoms with Gasteiger partial charge in [0.1, 0.15) is 0 Å². The lowest BCUT2D eigenvalue weighted by Crippen LogP contribution is -2.29. The van der Waals surface area contributed by atoms with Gasteiger partial charge >= 0.3 is 0 Å². The number of rotatable bonds is 3. The van der Waals surface area contributed by atoms with Crippen LogP contribution in [0, 0.1) is 5.92 Å². The molecule has 0 radical (unpaired) electrons. The number of nitrogens with one attached hydrogen (secondary N) is 1. The molecule has 3 rings (SSSR count). The number of anilines is 1. The van der Waals surface area contributed by atoms with Crippen molar-refractivity contribution in [1.29, 1.82) is 0 Å². The highest BCUT2D eigenvalue weighted by atomic mass is 32.2. The third-order valence-corrected chi connectivity index (χ3v) is 6.34. The zero-order valence-corrected chi connectivity index (χ0v) is 12.7. The summed E-state index contributed by atoms with van der Waals surface area (Å²) in [6.07, 6.45) is 4.07. The van der Waals surface area contributed by atoms with Crippen molar-refractivity contribution in [3.05, 3.63) is 23.8 Å². The number of fused-ring (bicyclic) bond motifs is 1. The van der Waals surface area contributed by atoms with Crippen molar-refractivity contribution in [3.8, 4) is 0 Å². The average Bonchev–Trinajstić information content (AvgIpc) is 2.96. The molecular weight excluding hydrogens is 272 g/mol. The van der Waals surface area contributed by atoms with Crippen LogP contribution in [0.15, 0.2) is 23.1 Å². The lowest BCUT2D eigenvalue weighted by Gasteiger charge is -2.21. The maximum atomic E-state index is 12.7. The Balaban J connectivity index is 1.88. The van der Waals surface area contributed by atoms with Crippen LogP contribution < -0.4 is 5.32 Å². The molecular formula is C15H22N2O2S. The Labute approximate surface area is 121 Å². The van der Waals surface area contributed by atoms with Gasteiger partial charge in [-0.05, 0) is 48.9 Å². The first kappa shape index (κ1) is 13.9. The summed E-state index contributed by atoms with van der Waals surface area (Å²) in [7, 11) is -3.31. The molecule has 0 aliphatic carbocycles. The van der Waals surface area contributed by atoms with E-state index in [4.69, 9.17) is 0 Å². The molecule has 0 spiro atoms. The third-order valence-electron chi connectivity index (χ3n) is 4.48. The van der Waals surface area contributed by atoms with E-state index in [2.05, 4.69) is 12.2 Å². The highest BCUT2D eigenvalue weighted by Gasteiger charge is 2.32. The van der Waals surface area contributed by atoms with Crippen molar-refractivity contribution in [2.45, 2.75) is 37.5 Å². The molecule has 0 bridgehead atoms. The minimum Gasteiger partial charge on any atom is -0.385 e. The van der Waals surface area contributed by atoms with Crippen LogP contribution in [0.2, 0.25) is 0 Å². The maximum Gasteiger partial charge on any atom is 0.243 e. The van der Waals surface area contributed by atoms with Gasteiger partial charge in [0.25, 0.3) is 0 Å². The first-order valence-corrected chi connectivity index (χ1v) is 8.92. The number of nitrogens with zero attached hydrogens (tertiary/aromatic N) is 1. The maximum absolute atomic E-state index is 12.7. The summed E-state index contributed by atoms with van der Waals surface area (Å²) in [5, 5.41) is 3.32. The highest BCUT2D eigenvalue weighted by Crippen LogP contribution is 2.29. The van der Waals surface area contributed by atoms with E-state index in [1.54, 1.807) is 10.4 Å². The second-order valence-electron chi connectivity index (χ2n) is 5.78. The summed E-state index contributed by atoms with van der Waals surface area (Å²) < 4.78 is 27.0. The summed E-state index contributed by atoms with van der Waals surface area (Å²) in [5.74, 6) is 0.518. The predicted octanol–water partition coefficient (Wildman–Crippen LogP) is 2.47. The van der Waals surface area contributed by atoms with Gasteiger partial charge in [-0.3, -0.25) is 0 Å². The monoisotopic (exact) mass is 294 g/mol. The van der Waals surface area contributed by atoms with E-state index in [1.165, 1.54) is 0 Å². The Hall–Kier alpha value is -1.07. The first-order valence-electron chi connectivity index (χ1n) is 7.48. The number of benzene rings is 1. The standard InChI is InChI=1S/C15H22N2O2S/c1-2-12-7-9-17(11-12)20(18,19)14-5-6-15-13(10-14)4-3-8-16-15/h5-6,10,12,16H,2-4,7-9,11H2,1H3. The molecule has 5 heteroatoms. The third kappa shape index (κ3) is 2.44. The molecule has 0 saturated carbocycles. The smallest absolute Gasteiger partial charge is 0.243 e. The first-order chi connectivity index (χ1) is 9.61. The number of hydrogen-bond acceptors (Lipinski definition) is 3. The van der Waals surface area contributed by atoms with Gasteiger partial charge in [-0.25, -0.2) is 8.42 Å². The van der Waals surface area contributed by atoms with Crippen molar-refractivity contribution in [3.63, 3.8) is 0 Å². The van der Waals surface area contributed by atoms with Gasteiger partial charge in [0.05, 0.1) is 4.90 Å². The number of sulfonamides is 1. The zero-order chi connectivity index (χ0) is 14.2. The van der Waals surface area contributed by atoms with Crippen LogP contribution in [0.5, 0.6) is 0 Å². The van der Waals surface area contributed by atoms with E-state index in [0.29, 0.717) is 23.9 Å². The Bertz CT molecular complexity index is 598. The van der Waals surface area contributed by atoms with Crippen LogP contribution in [0.1, 0.15) is 31.7 Å². The molecule has 0 amide bonds. The van der Waals surface area contributed by atoms with E-state index in [-0.39, 0.29) is 0 Å². The van der Waals surface area contributed by atoms with Crippen molar-refractivity contribution in [1.82, 2.24) is 4.31 Å². The quantitative estimate of drug-likeness (QED) is 0.931. The molecule has 1 unspecified atom stereocenters. The van der Waals surface area contributed by atoms with Crippen molar-refractivity contribution in [2.24, 2.45) is 5.92 Å².